The van der Waals surface area contributed by atoms with Gasteiger partial charge in [0, 0.05) is 28.1 Å². The van der Waals surface area contributed by atoms with Crippen LogP contribution in [0.1, 0.15) is 25.0 Å². The van der Waals surface area contributed by atoms with Crippen molar-refractivity contribution in [3.05, 3.63) is 84.1 Å². The number of benzene rings is 2. The van der Waals surface area contributed by atoms with Gasteiger partial charge in [0.15, 0.2) is 0 Å². The summed E-state index contributed by atoms with van der Waals surface area (Å²) in [4.78, 5) is 9.48. The summed E-state index contributed by atoms with van der Waals surface area (Å²) in [6.45, 7) is 6.59. The average Bonchev–Trinajstić information content (AvgIpc) is 3.14. The van der Waals surface area contributed by atoms with Crippen LogP contribution in [0.5, 0.6) is 0 Å². The van der Waals surface area contributed by atoms with E-state index in [2.05, 4.69) is 74.3 Å². The van der Waals surface area contributed by atoms with Crippen LogP contribution < -0.4 is 0 Å². The molecule has 0 aliphatic rings. The zero-order valence-electron chi connectivity index (χ0n) is 17.5. The van der Waals surface area contributed by atoms with Crippen LogP contribution in [0.4, 0.5) is 0 Å². The monoisotopic (exact) mass is 392 g/mol. The lowest BCUT2D eigenvalue weighted by Crippen LogP contribution is -1.95. The molecule has 0 saturated carbocycles. The Labute approximate surface area is 176 Å². The number of aryl methyl sites for hydroxylation is 1. The number of rotatable bonds is 4. The first kappa shape index (κ1) is 18.6. The van der Waals surface area contributed by atoms with Crippen molar-refractivity contribution < 1.29 is 4.42 Å². The van der Waals surface area contributed by atoms with Gasteiger partial charge in [0.2, 0.25) is 5.71 Å². The van der Waals surface area contributed by atoms with Crippen molar-refractivity contribution in [2.75, 3.05) is 0 Å². The molecule has 148 valence electrons. The van der Waals surface area contributed by atoms with E-state index in [9.17, 15) is 0 Å². The van der Waals surface area contributed by atoms with Crippen LogP contribution in [0.3, 0.4) is 0 Å². The van der Waals surface area contributed by atoms with Crippen LogP contribution in [0.2, 0.25) is 0 Å². The Kier molecular flexibility index (Phi) is 4.59. The third-order valence-corrected chi connectivity index (χ3v) is 5.51. The predicted molar refractivity (Wildman–Crippen MR) is 123 cm³/mol. The van der Waals surface area contributed by atoms with Gasteiger partial charge in [0.25, 0.3) is 0 Å². The zero-order chi connectivity index (χ0) is 20.7. The van der Waals surface area contributed by atoms with Crippen molar-refractivity contribution in [2.24, 2.45) is 5.92 Å². The molecule has 0 unspecified atom stereocenters. The Bertz CT molecular complexity index is 1350. The number of pyridine rings is 2. The number of furan rings is 1. The van der Waals surface area contributed by atoms with Gasteiger partial charge in [-0.1, -0.05) is 50.2 Å². The normalized spacial score (nSPS) is 11.6. The molecule has 3 nitrogen and oxygen atoms in total. The van der Waals surface area contributed by atoms with Gasteiger partial charge in [0.05, 0.1) is 11.4 Å². The molecule has 5 aromatic rings. The van der Waals surface area contributed by atoms with Crippen LogP contribution in [-0.4, -0.2) is 9.97 Å². The molecule has 0 radical (unpaired) electrons. The first-order chi connectivity index (χ1) is 14.6. The molecule has 5 rings (SSSR count). The highest BCUT2D eigenvalue weighted by Gasteiger charge is 2.17. The highest BCUT2D eigenvalue weighted by atomic mass is 16.3. The van der Waals surface area contributed by atoms with E-state index in [0.717, 1.165) is 45.3 Å². The van der Waals surface area contributed by atoms with Gasteiger partial charge >= 0.3 is 0 Å². The molecule has 30 heavy (non-hydrogen) atoms. The molecule has 0 aliphatic heterocycles. The minimum absolute atomic E-state index is 0.602. The van der Waals surface area contributed by atoms with Crippen molar-refractivity contribution in [3.8, 4) is 22.5 Å². The lowest BCUT2D eigenvalue weighted by Gasteiger charge is -2.08. The van der Waals surface area contributed by atoms with E-state index in [-0.39, 0.29) is 0 Å². The topological polar surface area (TPSA) is 38.9 Å². The standard InChI is InChI=1S/C27H24N2O/c1-17(2)15-19-13-14-28-24(16-19)21-10-9-18(3)25-22-11-12-23(20-7-5-4-6-8-20)29-27(22)30-26(21)25/h4-14,16-17H,15H2,1-3H3. The summed E-state index contributed by atoms with van der Waals surface area (Å²) in [6, 6.07) is 22.9. The fourth-order valence-corrected chi connectivity index (χ4v) is 4.12. The summed E-state index contributed by atoms with van der Waals surface area (Å²) in [6.07, 6.45) is 2.93. The molecule has 0 atom stereocenters. The maximum Gasteiger partial charge on any atom is 0.227 e. The largest absolute Gasteiger partial charge is 0.437 e. The Hall–Kier alpha value is -3.46. The molecule has 0 N–H and O–H groups in total. The van der Waals surface area contributed by atoms with Gasteiger partial charge in [-0.3, -0.25) is 4.98 Å². The summed E-state index contributed by atoms with van der Waals surface area (Å²) in [5.41, 5.74) is 7.96. The number of nitrogens with zero attached hydrogens (tertiary/aromatic N) is 2. The van der Waals surface area contributed by atoms with E-state index in [1.807, 2.05) is 24.4 Å². The maximum absolute atomic E-state index is 6.35. The summed E-state index contributed by atoms with van der Waals surface area (Å²) >= 11 is 0. The second kappa shape index (κ2) is 7.42. The van der Waals surface area contributed by atoms with Gasteiger partial charge in [-0.2, -0.15) is 0 Å². The molecule has 0 fully saturated rings. The molecule has 3 heteroatoms. The summed E-state index contributed by atoms with van der Waals surface area (Å²) in [5.74, 6) is 0.602. The minimum Gasteiger partial charge on any atom is -0.437 e. The predicted octanol–water partition coefficient (Wildman–Crippen LogP) is 7.22. The highest BCUT2D eigenvalue weighted by Crippen LogP contribution is 2.37. The van der Waals surface area contributed by atoms with Gasteiger partial charge in [-0.05, 0) is 60.7 Å². The second-order valence-corrected chi connectivity index (χ2v) is 8.30. The average molecular weight is 393 g/mol. The fraction of sp³-hybridized carbons (Fsp3) is 0.185. The maximum atomic E-state index is 6.35. The third-order valence-electron chi connectivity index (χ3n) is 5.51. The van der Waals surface area contributed by atoms with E-state index in [0.29, 0.717) is 11.6 Å². The van der Waals surface area contributed by atoms with E-state index >= 15 is 0 Å². The molecule has 3 heterocycles. The second-order valence-electron chi connectivity index (χ2n) is 8.30. The minimum atomic E-state index is 0.602. The molecule has 0 spiro atoms. The van der Waals surface area contributed by atoms with E-state index in [1.54, 1.807) is 0 Å². The SMILES string of the molecule is Cc1ccc(-c2cc(CC(C)C)ccn2)c2oc3nc(-c4ccccc4)ccc3c12. The fourth-order valence-electron chi connectivity index (χ4n) is 4.12. The van der Waals surface area contributed by atoms with Gasteiger partial charge in [0.1, 0.15) is 5.58 Å². The van der Waals surface area contributed by atoms with E-state index < -0.39 is 0 Å². The number of hydrogen-bond acceptors (Lipinski definition) is 3. The molecular weight excluding hydrogens is 368 g/mol. The first-order valence-electron chi connectivity index (χ1n) is 10.4. The van der Waals surface area contributed by atoms with Crippen LogP contribution in [0, 0.1) is 12.8 Å². The van der Waals surface area contributed by atoms with Crippen molar-refractivity contribution in [3.63, 3.8) is 0 Å². The van der Waals surface area contributed by atoms with Gasteiger partial charge in [-0.15, -0.1) is 0 Å². The lowest BCUT2D eigenvalue weighted by atomic mass is 9.99. The van der Waals surface area contributed by atoms with E-state index in [4.69, 9.17) is 9.40 Å². The Morgan fingerprint density at radius 2 is 1.73 bits per heavy atom. The summed E-state index contributed by atoms with van der Waals surface area (Å²) in [5, 5.41) is 2.16. The van der Waals surface area contributed by atoms with Gasteiger partial charge < -0.3 is 4.42 Å². The molecule has 0 aliphatic carbocycles. The van der Waals surface area contributed by atoms with Crippen molar-refractivity contribution in [1.29, 1.82) is 0 Å². The zero-order valence-corrected chi connectivity index (χ0v) is 17.5. The molecule has 3 aromatic heterocycles. The number of fused-ring (bicyclic) bond motifs is 3. The highest BCUT2D eigenvalue weighted by molar-refractivity contribution is 6.10. The Morgan fingerprint density at radius 1 is 0.900 bits per heavy atom. The van der Waals surface area contributed by atoms with Crippen molar-refractivity contribution >= 4 is 22.1 Å². The van der Waals surface area contributed by atoms with Crippen molar-refractivity contribution in [1.82, 2.24) is 9.97 Å². The molecular formula is C27H24N2O. The van der Waals surface area contributed by atoms with Crippen molar-refractivity contribution in [2.45, 2.75) is 27.2 Å². The first-order valence-corrected chi connectivity index (χ1v) is 10.4. The third kappa shape index (κ3) is 3.26. The van der Waals surface area contributed by atoms with E-state index in [1.165, 1.54) is 11.1 Å². The summed E-state index contributed by atoms with van der Waals surface area (Å²) < 4.78 is 6.35. The molecule has 2 aromatic carbocycles. The number of aromatic nitrogens is 2. The van der Waals surface area contributed by atoms with Crippen LogP contribution >= 0.6 is 0 Å². The summed E-state index contributed by atoms with van der Waals surface area (Å²) in [7, 11) is 0. The van der Waals surface area contributed by atoms with Crippen LogP contribution in [0.25, 0.3) is 44.6 Å². The lowest BCUT2D eigenvalue weighted by molar-refractivity contribution is 0.646. The Morgan fingerprint density at radius 3 is 2.53 bits per heavy atom. The smallest absolute Gasteiger partial charge is 0.227 e. The van der Waals surface area contributed by atoms with Crippen LogP contribution in [-0.2, 0) is 6.42 Å². The van der Waals surface area contributed by atoms with Gasteiger partial charge in [-0.25, -0.2) is 4.98 Å². The Balaban J connectivity index is 1.70. The molecule has 0 saturated heterocycles. The van der Waals surface area contributed by atoms with Crippen LogP contribution in [0.15, 0.2) is 77.3 Å². The number of hydrogen-bond donors (Lipinski definition) is 0. The molecule has 0 bridgehead atoms. The molecule has 0 amide bonds. The quantitative estimate of drug-likeness (QED) is 0.324.